The van der Waals surface area contributed by atoms with Gasteiger partial charge in [-0.1, -0.05) is 6.92 Å². The van der Waals surface area contributed by atoms with Gasteiger partial charge >= 0.3 is 0 Å². The minimum absolute atomic E-state index is 0.0587. The Morgan fingerprint density at radius 2 is 2.33 bits per heavy atom. The van der Waals surface area contributed by atoms with Crippen LogP contribution in [0.25, 0.3) is 0 Å². The molecule has 0 spiro atoms. The SMILES string of the molecule is CNC1=C(C(=N)N)C(C)C[C@@H]1O. The maximum Gasteiger partial charge on any atom is 0.120 e. The molecular formula is C8H15N3O. The minimum atomic E-state index is -0.483. The van der Waals surface area contributed by atoms with Gasteiger partial charge in [-0.15, -0.1) is 0 Å². The summed E-state index contributed by atoms with van der Waals surface area (Å²) in [5.74, 6) is 0.239. The molecule has 0 aromatic carbocycles. The maximum atomic E-state index is 9.51. The van der Waals surface area contributed by atoms with E-state index in [1.807, 2.05) is 6.92 Å². The lowest BCUT2D eigenvalue weighted by atomic mass is 10.0. The number of likely N-dealkylation sites (N-methyl/N-ethyl adjacent to an activating group) is 1. The lowest BCUT2D eigenvalue weighted by Crippen LogP contribution is -2.22. The number of aliphatic hydroxyl groups is 1. The largest absolute Gasteiger partial charge is 0.389 e. The molecule has 0 bridgehead atoms. The summed E-state index contributed by atoms with van der Waals surface area (Å²) in [5.41, 5.74) is 6.85. The van der Waals surface area contributed by atoms with Crippen LogP contribution >= 0.6 is 0 Å². The van der Waals surface area contributed by atoms with Crippen molar-refractivity contribution in [3.8, 4) is 0 Å². The maximum absolute atomic E-state index is 9.51. The Hall–Kier alpha value is -1.03. The number of rotatable bonds is 2. The van der Waals surface area contributed by atoms with E-state index in [2.05, 4.69) is 5.32 Å². The highest BCUT2D eigenvalue weighted by molar-refractivity contribution is 5.96. The smallest absolute Gasteiger partial charge is 0.120 e. The van der Waals surface area contributed by atoms with Crippen molar-refractivity contribution in [1.29, 1.82) is 5.41 Å². The fourth-order valence-electron chi connectivity index (χ4n) is 1.73. The van der Waals surface area contributed by atoms with E-state index < -0.39 is 6.10 Å². The number of aliphatic hydroxyl groups excluding tert-OH is 1. The van der Waals surface area contributed by atoms with E-state index in [0.717, 1.165) is 5.57 Å². The molecule has 1 aliphatic carbocycles. The summed E-state index contributed by atoms with van der Waals surface area (Å²) in [6.45, 7) is 1.96. The van der Waals surface area contributed by atoms with Crippen molar-refractivity contribution in [2.75, 3.05) is 7.05 Å². The first kappa shape index (κ1) is 9.06. The summed E-state index contributed by atoms with van der Waals surface area (Å²) >= 11 is 0. The fraction of sp³-hybridized carbons (Fsp3) is 0.625. The number of amidine groups is 1. The van der Waals surface area contributed by atoms with Gasteiger partial charge in [0.15, 0.2) is 0 Å². The molecule has 0 aromatic heterocycles. The van der Waals surface area contributed by atoms with Gasteiger partial charge in [0.05, 0.1) is 6.10 Å². The molecule has 1 aliphatic rings. The normalized spacial score (nSPS) is 29.2. The summed E-state index contributed by atoms with van der Waals surface area (Å²) in [5, 5.41) is 19.7. The molecule has 1 unspecified atom stereocenters. The molecule has 0 saturated heterocycles. The van der Waals surface area contributed by atoms with E-state index in [1.165, 1.54) is 0 Å². The van der Waals surface area contributed by atoms with E-state index in [1.54, 1.807) is 7.05 Å². The van der Waals surface area contributed by atoms with Crippen LogP contribution in [0.2, 0.25) is 0 Å². The highest BCUT2D eigenvalue weighted by Crippen LogP contribution is 2.29. The highest BCUT2D eigenvalue weighted by atomic mass is 16.3. The van der Waals surface area contributed by atoms with Gasteiger partial charge in [-0.25, -0.2) is 0 Å². The first-order chi connectivity index (χ1) is 5.57. The van der Waals surface area contributed by atoms with E-state index in [4.69, 9.17) is 11.1 Å². The summed E-state index contributed by atoms with van der Waals surface area (Å²) < 4.78 is 0. The van der Waals surface area contributed by atoms with Gasteiger partial charge in [-0.2, -0.15) is 0 Å². The molecule has 0 fully saturated rings. The first-order valence-electron chi connectivity index (χ1n) is 4.02. The molecule has 4 nitrogen and oxygen atoms in total. The molecule has 1 rings (SSSR count). The van der Waals surface area contributed by atoms with Crippen molar-refractivity contribution in [2.45, 2.75) is 19.4 Å². The number of nitrogens with two attached hydrogens (primary N) is 1. The molecule has 0 heterocycles. The Morgan fingerprint density at radius 1 is 1.75 bits per heavy atom. The van der Waals surface area contributed by atoms with Crippen LogP contribution in [0.4, 0.5) is 0 Å². The highest BCUT2D eigenvalue weighted by Gasteiger charge is 2.30. The Balaban J connectivity index is 3.01. The zero-order chi connectivity index (χ0) is 9.30. The van der Waals surface area contributed by atoms with Crippen molar-refractivity contribution >= 4 is 5.84 Å². The third-order valence-electron chi connectivity index (χ3n) is 2.25. The average molecular weight is 169 g/mol. The summed E-state index contributed by atoms with van der Waals surface area (Å²) in [7, 11) is 1.74. The zero-order valence-electron chi connectivity index (χ0n) is 7.39. The van der Waals surface area contributed by atoms with Gasteiger partial charge in [0, 0.05) is 18.3 Å². The molecule has 5 N–H and O–H groups in total. The van der Waals surface area contributed by atoms with Crippen LogP contribution in [0.1, 0.15) is 13.3 Å². The van der Waals surface area contributed by atoms with Gasteiger partial charge in [0.2, 0.25) is 0 Å². The van der Waals surface area contributed by atoms with Crippen molar-refractivity contribution in [1.82, 2.24) is 5.32 Å². The van der Waals surface area contributed by atoms with Crippen LogP contribution in [0, 0.1) is 11.3 Å². The van der Waals surface area contributed by atoms with E-state index >= 15 is 0 Å². The van der Waals surface area contributed by atoms with Crippen molar-refractivity contribution < 1.29 is 5.11 Å². The Labute approximate surface area is 72.0 Å². The van der Waals surface area contributed by atoms with Crippen molar-refractivity contribution in [3.63, 3.8) is 0 Å². The van der Waals surface area contributed by atoms with Crippen molar-refractivity contribution in [3.05, 3.63) is 11.3 Å². The monoisotopic (exact) mass is 169 g/mol. The van der Waals surface area contributed by atoms with Gasteiger partial charge in [-0.3, -0.25) is 5.41 Å². The van der Waals surface area contributed by atoms with Gasteiger partial charge in [0.1, 0.15) is 5.84 Å². The standard InChI is InChI=1S/C8H15N3O/c1-4-3-5(12)7(11-2)6(4)8(9)10/h4-5,11-12H,3H2,1-2H3,(H3,9,10)/t4?,5-/m0/s1. The number of hydrogen-bond donors (Lipinski definition) is 4. The molecule has 0 aliphatic heterocycles. The lowest BCUT2D eigenvalue weighted by molar-refractivity contribution is 0.196. The second-order valence-electron chi connectivity index (χ2n) is 3.14. The van der Waals surface area contributed by atoms with Crippen molar-refractivity contribution in [2.24, 2.45) is 11.7 Å². The third-order valence-corrected chi connectivity index (χ3v) is 2.25. The molecule has 0 aromatic rings. The van der Waals surface area contributed by atoms with Crippen LogP contribution in [0.3, 0.4) is 0 Å². The lowest BCUT2D eigenvalue weighted by Gasteiger charge is -2.09. The van der Waals surface area contributed by atoms with Gasteiger partial charge in [-0.05, 0) is 12.3 Å². The zero-order valence-corrected chi connectivity index (χ0v) is 7.39. The van der Waals surface area contributed by atoms with Crippen LogP contribution in [-0.2, 0) is 0 Å². The molecule has 12 heavy (non-hydrogen) atoms. The topological polar surface area (TPSA) is 82.1 Å². The van der Waals surface area contributed by atoms with E-state index in [-0.39, 0.29) is 11.8 Å². The quantitative estimate of drug-likeness (QED) is 0.341. The van der Waals surface area contributed by atoms with Crippen LogP contribution in [-0.4, -0.2) is 24.1 Å². The molecule has 2 atom stereocenters. The average Bonchev–Trinajstić information content (AvgIpc) is 2.24. The van der Waals surface area contributed by atoms with Gasteiger partial charge in [0.25, 0.3) is 0 Å². The fourth-order valence-corrected chi connectivity index (χ4v) is 1.73. The van der Waals surface area contributed by atoms with Crippen LogP contribution < -0.4 is 11.1 Å². The van der Waals surface area contributed by atoms with Crippen LogP contribution in [0.5, 0.6) is 0 Å². The Bertz CT molecular complexity index is 234. The van der Waals surface area contributed by atoms with E-state index in [0.29, 0.717) is 12.1 Å². The summed E-state index contributed by atoms with van der Waals surface area (Å²) in [6.07, 6.45) is 0.175. The third kappa shape index (κ3) is 1.30. The first-order valence-corrected chi connectivity index (χ1v) is 4.02. The predicted octanol–water partition coefficient (Wildman–Crippen LogP) is -0.203. The molecule has 4 heteroatoms. The molecule has 0 amide bonds. The second-order valence-corrected chi connectivity index (χ2v) is 3.14. The predicted molar refractivity (Wildman–Crippen MR) is 47.8 cm³/mol. The molecule has 0 saturated carbocycles. The minimum Gasteiger partial charge on any atom is -0.389 e. The molecular weight excluding hydrogens is 154 g/mol. The molecule has 68 valence electrons. The Morgan fingerprint density at radius 3 is 2.67 bits per heavy atom. The Kier molecular flexibility index (Phi) is 2.38. The number of nitrogens with one attached hydrogen (secondary N) is 2. The van der Waals surface area contributed by atoms with Gasteiger partial charge < -0.3 is 16.2 Å². The molecule has 0 radical (unpaired) electrons. The van der Waals surface area contributed by atoms with Crippen LogP contribution in [0.15, 0.2) is 11.3 Å². The second kappa shape index (κ2) is 3.15. The van der Waals surface area contributed by atoms with E-state index in [9.17, 15) is 5.11 Å². The number of hydrogen-bond acceptors (Lipinski definition) is 3. The summed E-state index contributed by atoms with van der Waals surface area (Å²) in [4.78, 5) is 0. The summed E-state index contributed by atoms with van der Waals surface area (Å²) in [6, 6.07) is 0.